The van der Waals surface area contributed by atoms with Crippen LogP contribution in [0, 0.1) is 0 Å². The molecule has 0 bridgehead atoms. The van der Waals surface area contributed by atoms with Crippen molar-refractivity contribution in [2.75, 3.05) is 0 Å². The molecule has 0 heterocycles. The molecular weight excluding hydrogens is 708 g/mol. The second-order valence-corrected chi connectivity index (χ2v) is 13.7. The van der Waals surface area contributed by atoms with Gasteiger partial charge in [-0.25, -0.2) is 9.59 Å². The van der Waals surface area contributed by atoms with E-state index in [0.29, 0.717) is 48.3 Å². The van der Waals surface area contributed by atoms with Gasteiger partial charge in [-0.15, -0.1) is 0 Å². The van der Waals surface area contributed by atoms with Crippen LogP contribution in [-0.4, -0.2) is 62.3 Å². The van der Waals surface area contributed by atoms with Crippen LogP contribution in [0.5, 0.6) is 11.5 Å². The monoisotopic (exact) mass is 772 g/mol. The highest BCUT2D eigenvalue weighted by atomic mass is 16.8. The van der Waals surface area contributed by atoms with Crippen molar-refractivity contribution >= 4 is 11.9 Å². The first-order chi connectivity index (χ1) is 25.9. The quantitative estimate of drug-likeness (QED) is 0.0514. The highest BCUT2D eigenvalue weighted by Gasteiger charge is 2.26. The Balaban J connectivity index is 1.90. The van der Waals surface area contributed by atoms with Crippen molar-refractivity contribution < 1.29 is 57.0 Å². The molecule has 12 nitrogen and oxygen atoms in total. The van der Waals surface area contributed by atoms with Crippen molar-refractivity contribution in [3.8, 4) is 11.5 Å². The van der Waals surface area contributed by atoms with E-state index in [2.05, 4.69) is 27.0 Å². The maximum atomic E-state index is 11.9. The molecule has 55 heavy (non-hydrogen) atoms. The van der Waals surface area contributed by atoms with Gasteiger partial charge >= 0.3 is 11.9 Å². The maximum Gasteiger partial charge on any atom is 0.335 e. The molecule has 0 fully saturated rings. The van der Waals surface area contributed by atoms with Crippen LogP contribution in [0.4, 0.5) is 0 Å². The lowest BCUT2D eigenvalue weighted by Gasteiger charge is -2.28. The summed E-state index contributed by atoms with van der Waals surface area (Å²) in [6.07, 6.45) is -3.37. The SMILES string of the molecule is C=C(C)C(=O)OC(CC)OC(CC)OC(C)OC(C)Oc1ccc(C(C)(C)c2ccc(OC(C)OC(C)OC(CC)OC(CC)OC(=O)C(=C)C)cc2)cc1. The molecule has 8 atom stereocenters. The summed E-state index contributed by atoms with van der Waals surface area (Å²) in [6, 6.07) is 15.8. The highest BCUT2D eigenvalue weighted by molar-refractivity contribution is 5.87. The average Bonchev–Trinajstić information content (AvgIpc) is 3.13. The first kappa shape index (κ1) is 47.4. The summed E-state index contributed by atoms with van der Waals surface area (Å²) >= 11 is 0. The summed E-state index contributed by atoms with van der Waals surface area (Å²) in [6.45, 7) is 29.3. The zero-order chi connectivity index (χ0) is 41.3. The zero-order valence-corrected chi connectivity index (χ0v) is 34.9. The molecule has 0 aliphatic carbocycles. The van der Waals surface area contributed by atoms with Gasteiger partial charge in [0.05, 0.1) is 0 Å². The van der Waals surface area contributed by atoms with Crippen molar-refractivity contribution in [2.45, 2.75) is 165 Å². The van der Waals surface area contributed by atoms with Crippen LogP contribution in [0.15, 0.2) is 72.8 Å². The largest absolute Gasteiger partial charge is 0.465 e. The first-order valence-corrected chi connectivity index (χ1v) is 19.1. The van der Waals surface area contributed by atoms with E-state index in [-0.39, 0.29) is 5.41 Å². The number of rotatable bonds is 26. The van der Waals surface area contributed by atoms with E-state index >= 15 is 0 Å². The molecular formula is C43H64O12. The van der Waals surface area contributed by atoms with Crippen molar-refractivity contribution in [1.29, 1.82) is 0 Å². The van der Waals surface area contributed by atoms with Crippen molar-refractivity contribution in [2.24, 2.45) is 0 Å². The number of benzene rings is 2. The number of carbonyl (C=O) groups is 2. The Morgan fingerprint density at radius 3 is 1.09 bits per heavy atom. The van der Waals surface area contributed by atoms with Gasteiger partial charge in [0.15, 0.2) is 37.7 Å². The van der Waals surface area contributed by atoms with E-state index in [9.17, 15) is 9.59 Å². The van der Waals surface area contributed by atoms with E-state index in [4.69, 9.17) is 47.4 Å². The lowest BCUT2D eigenvalue weighted by molar-refractivity contribution is -0.303. The maximum absolute atomic E-state index is 11.9. The number of hydrogen-bond acceptors (Lipinski definition) is 12. The molecule has 0 N–H and O–H groups in total. The van der Waals surface area contributed by atoms with Gasteiger partial charge in [-0.05, 0) is 89.8 Å². The minimum Gasteiger partial charge on any atom is -0.465 e. The van der Waals surface area contributed by atoms with Crippen LogP contribution < -0.4 is 9.47 Å². The molecule has 0 aliphatic rings. The van der Waals surface area contributed by atoms with E-state index in [1.807, 2.05) is 76.2 Å². The van der Waals surface area contributed by atoms with Crippen molar-refractivity contribution in [3.05, 3.63) is 84.0 Å². The van der Waals surface area contributed by atoms with Gasteiger partial charge in [-0.1, -0.05) is 79.0 Å². The van der Waals surface area contributed by atoms with E-state index in [0.717, 1.165) is 11.1 Å². The third-order valence-electron chi connectivity index (χ3n) is 8.32. The van der Waals surface area contributed by atoms with Crippen LogP contribution >= 0.6 is 0 Å². The van der Waals surface area contributed by atoms with E-state index in [1.165, 1.54) is 0 Å². The Morgan fingerprint density at radius 2 is 0.818 bits per heavy atom. The van der Waals surface area contributed by atoms with Crippen LogP contribution in [0.1, 0.15) is 120 Å². The summed E-state index contributed by atoms with van der Waals surface area (Å²) in [4.78, 5) is 23.8. The van der Waals surface area contributed by atoms with Crippen molar-refractivity contribution in [1.82, 2.24) is 0 Å². The van der Waals surface area contributed by atoms with Crippen LogP contribution in [0.2, 0.25) is 0 Å². The molecule has 2 aromatic carbocycles. The Morgan fingerprint density at radius 1 is 0.509 bits per heavy atom. The second-order valence-electron chi connectivity index (χ2n) is 13.7. The molecule has 8 unspecified atom stereocenters. The Kier molecular flexibility index (Phi) is 20.1. The van der Waals surface area contributed by atoms with Crippen LogP contribution in [0.25, 0.3) is 0 Å². The minimum atomic E-state index is -0.758. The van der Waals surface area contributed by atoms with Crippen LogP contribution in [0.3, 0.4) is 0 Å². The molecule has 0 saturated carbocycles. The van der Waals surface area contributed by atoms with Gasteiger partial charge in [0, 0.05) is 29.4 Å². The summed E-state index contributed by atoms with van der Waals surface area (Å²) < 4.78 is 58.0. The lowest BCUT2D eigenvalue weighted by Crippen LogP contribution is -2.33. The normalized spacial score (nSPS) is 16.1. The predicted molar refractivity (Wildman–Crippen MR) is 209 cm³/mol. The number of ether oxygens (including phenoxy) is 10. The van der Waals surface area contributed by atoms with E-state index < -0.39 is 62.3 Å². The highest BCUT2D eigenvalue weighted by Crippen LogP contribution is 2.34. The molecule has 0 amide bonds. The molecule has 2 rings (SSSR count). The standard InChI is InChI=1S/C43H64O12/c1-15-37(52-39(17-3)54-41(44)27(5)6)50-31(11)46-29(9)48-35-23-19-33(20-24-35)43(13,14)34-21-25-36(26-22-34)49-30(10)47-32(12)51-38(16-2)53-40(18-4)55-42(45)28(7)8/h19-26,29-32,37-40H,5,7,15-18H2,1-4,6,8-14H3. The third kappa shape index (κ3) is 16.5. The van der Waals surface area contributed by atoms with Gasteiger partial charge in [-0.3, -0.25) is 0 Å². The molecule has 308 valence electrons. The fourth-order valence-corrected chi connectivity index (χ4v) is 5.18. The summed E-state index contributed by atoms with van der Waals surface area (Å²) in [5.74, 6) is 0.262. The van der Waals surface area contributed by atoms with Gasteiger partial charge < -0.3 is 47.4 Å². The van der Waals surface area contributed by atoms with Gasteiger partial charge in [0.2, 0.25) is 12.6 Å². The Hall–Kier alpha value is -3.78. The lowest BCUT2D eigenvalue weighted by atomic mass is 9.78. The topological polar surface area (TPSA) is 126 Å². The summed E-state index contributed by atoms with van der Waals surface area (Å²) in [5, 5.41) is 0. The minimum absolute atomic E-state index is 0.299. The number of esters is 2. The van der Waals surface area contributed by atoms with E-state index in [1.54, 1.807) is 41.5 Å². The number of hydrogen-bond donors (Lipinski definition) is 0. The summed E-state index contributed by atoms with van der Waals surface area (Å²) in [5.41, 5.74) is 2.46. The molecule has 12 heteroatoms. The second kappa shape index (κ2) is 23.3. The first-order valence-electron chi connectivity index (χ1n) is 19.1. The van der Waals surface area contributed by atoms with Gasteiger partial charge in [0.25, 0.3) is 0 Å². The molecule has 0 spiro atoms. The fraction of sp³-hybridized carbons (Fsp3) is 0.581. The Bertz CT molecular complexity index is 1360. The van der Waals surface area contributed by atoms with Gasteiger partial charge in [0.1, 0.15) is 11.5 Å². The Labute approximate surface area is 328 Å². The predicted octanol–water partition coefficient (Wildman–Crippen LogP) is 9.44. The molecule has 2 aromatic rings. The third-order valence-corrected chi connectivity index (χ3v) is 8.32. The average molecular weight is 773 g/mol. The molecule has 0 aliphatic heterocycles. The van der Waals surface area contributed by atoms with Crippen molar-refractivity contribution in [3.63, 3.8) is 0 Å². The molecule has 0 aromatic heterocycles. The smallest absolute Gasteiger partial charge is 0.335 e. The number of carbonyl (C=O) groups excluding carboxylic acids is 2. The van der Waals surface area contributed by atoms with Crippen LogP contribution in [-0.2, 0) is 52.9 Å². The zero-order valence-electron chi connectivity index (χ0n) is 34.9. The molecule has 0 saturated heterocycles. The van der Waals surface area contributed by atoms with Gasteiger partial charge in [-0.2, -0.15) is 0 Å². The molecule has 0 radical (unpaired) electrons. The summed E-state index contributed by atoms with van der Waals surface area (Å²) in [7, 11) is 0. The fourth-order valence-electron chi connectivity index (χ4n) is 5.18.